The first-order chi connectivity index (χ1) is 5.81. The number of hydrogen-bond acceptors (Lipinski definition) is 2. The van der Waals surface area contributed by atoms with E-state index in [4.69, 9.17) is 0 Å². The Bertz CT molecular complexity index is 125. The van der Waals surface area contributed by atoms with E-state index in [0.29, 0.717) is 6.04 Å². The molecule has 0 fully saturated rings. The molecule has 0 aromatic carbocycles. The highest BCUT2D eigenvalue weighted by molar-refractivity contribution is 4.76. The Kier molecular flexibility index (Phi) is 5.57. The summed E-state index contributed by atoms with van der Waals surface area (Å²) in [6.45, 7) is 15.4. The molecular weight excluding hydrogens is 160 g/mol. The maximum Gasteiger partial charge on any atom is 0.0169 e. The van der Waals surface area contributed by atoms with Gasteiger partial charge in [0.15, 0.2) is 0 Å². The van der Waals surface area contributed by atoms with Gasteiger partial charge in [-0.2, -0.15) is 0 Å². The molecule has 80 valence electrons. The molecule has 2 nitrogen and oxygen atoms in total. The van der Waals surface area contributed by atoms with Gasteiger partial charge in [0.05, 0.1) is 0 Å². The van der Waals surface area contributed by atoms with E-state index in [2.05, 4.69) is 52.2 Å². The van der Waals surface area contributed by atoms with E-state index < -0.39 is 0 Å². The fourth-order valence-electron chi connectivity index (χ4n) is 1.38. The molecule has 0 saturated carbocycles. The molecule has 2 N–H and O–H groups in total. The number of nitrogens with one attached hydrogen (secondary N) is 2. The summed E-state index contributed by atoms with van der Waals surface area (Å²) in [6.07, 6.45) is 0. The zero-order valence-corrected chi connectivity index (χ0v) is 10.1. The summed E-state index contributed by atoms with van der Waals surface area (Å²) in [7, 11) is 0. The van der Waals surface area contributed by atoms with Crippen molar-refractivity contribution in [2.45, 2.75) is 53.1 Å². The first kappa shape index (κ1) is 12.9. The van der Waals surface area contributed by atoms with Crippen LogP contribution in [-0.4, -0.2) is 24.7 Å². The fourth-order valence-corrected chi connectivity index (χ4v) is 1.38. The van der Waals surface area contributed by atoms with Gasteiger partial charge >= 0.3 is 0 Å². The Balaban J connectivity index is 3.46. The van der Waals surface area contributed by atoms with Crippen molar-refractivity contribution in [1.29, 1.82) is 0 Å². The first-order valence-corrected chi connectivity index (χ1v) is 5.29. The fraction of sp³-hybridized carbons (Fsp3) is 1.00. The van der Waals surface area contributed by atoms with Crippen LogP contribution in [-0.2, 0) is 0 Å². The second-order valence-electron chi connectivity index (χ2n) is 5.35. The highest BCUT2D eigenvalue weighted by Gasteiger charge is 2.12. The van der Waals surface area contributed by atoms with Crippen molar-refractivity contribution < 1.29 is 0 Å². The summed E-state index contributed by atoms with van der Waals surface area (Å²) >= 11 is 0. The molecule has 1 unspecified atom stereocenters. The molecule has 0 bridgehead atoms. The minimum absolute atomic E-state index is 0.221. The van der Waals surface area contributed by atoms with Crippen molar-refractivity contribution in [2.24, 2.45) is 5.92 Å². The monoisotopic (exact) mass is 186 g/mol. The topological polar surface area (TPSA) is 24.1 Å². The number of hydrogen-bond donors (Lipinski definition) is 2. The number of rotatable bonds is 5. The van der Waals surface area contributed by atoms with Crippen molar-refractivity contribution in [2.75, 3.05) is 13.1 Å². The minimum atomic E-state index is 0.221. The Hall–Kier alpha value is -0.0800. The smallest absolute Gasteiger partial charge is 0.0169 e. The van der Waals surface area contributed by atoms with Crippen LogP contribution in [0.1, 0.15) is 41.5 Å². The van der Waals surface area contributed by atoms with Gasteiger partial charge in [0.1, 0.15) is 0 Å². The normalized spacial score (nSPS) is 15.0. The van der Waals surface area contributed by atoms with E-state index in [1.165, 1.54) is 0 Å². The van der Waals surface area contributed by atoms with Gasteiger partial charge < -0.3 is 10.6 Å². The van der Waals surface area contributed by atoms with Crippen LogP contribution in [0.5, 0.6) is 0 Å². The van der Waals surface area contributed by atoms with Crippen LogP contribution in [0, 0.1) is 5.92 Å². The zero-order valence-electron chi connectivity index (χ0n) is 10.1. The van der Waals surface area contributed by atoms with Crippen LogP contribution in [0.3, 0.4) is 0 Å². The molecule has 0 heterocycles. The van der Waals surface area contributed by atoms with Crippen LogP contribution in [0.15, 0.2) is 0 Å². The lowest BCUT2D eigenvalue weighted by atomic mass is 10.1. The molecule has 2 heteroatoms. The summed E-state index contributed by atoms with van der Waals surface area (Å²) in [4.78, 5) is 0. The molecule has 1 atom stereocenters. The highest BCUT2D eigenvalue weighted by atomic mass is 15.0. The van der Waals surface area contributed by atoms with Crippen molar-refractivity contribution in [3.05, 3.63) is 0 Å². The molecule has 0 radical (unpaired) electrons. The van der Waals surface area contributed by atoms with Gasteiger partial charge in [-0.1, -0.05) is 13.8 Å². The zero-order chi connectivity index (χ0) is 10.5. The summed E-state index contributed by atoms with van der Waals surface area (Å²) in [5.41, 5.74) is 0.221. The average molecular weight is 186 g/mol. The summed E-state index contributed by atoms with van der Waals surface area (Å²) in [5.74, 6) is 0.738. The lowest BCUT2D eigenvalue weighted by Crippen LogP contribution is -2.47. The third-order valence-corrected chi connectivity index (χ3v) is 1.68. The van der Waals surface area contributed by atoms with E-state index in [0.717, 1.165) is 19.0 Å². The summed E-state index contributed by atoms with van der Waals surface area (Å²) in [6, 6.07) is 0.541. The van der Waals surface area contributed by atoms with Crippen molar-refractivity contribution in [1.82, 2.24) is 10.6 Å². The van der Waals surface area contributed by atoms with Gasteiger partial charge in [-0.15, -0.1) is 0 Å². The van der Waals surface area contributed by atoms with Crippen molar-refractivity contribution in [3.63, 3.8) is 0 Å². The molecule has 0 spiro atoms. The standard InChI is InChI=1S/C11H26N2/c1-9(2)7-12-8-10(3)13-11(4,5)6/h9-10,12-13H,7-8H2,1-6H3. The van der Waals surface area contributed by atoms with E-state index in [-0.39, 0.29) is 5.54 Å². The van der Waals surface area contributed by atoms with Crippen LogP contribution >= 0.6 is 0 Å². The maximum absolute atomic E-state index is 3.53. The minimum Gasteiger partial charge on any atom is -0.315 e. The Morgan fingerprint density at radius 1 is 1.00 bits per heavy atom. The molecule has 0 aromatic heterocycles. The Morgan fingerprint density at radius 3 is 1.92 bits per heavy atom. The van der Waals surface area contributed by atoms with Gasteiger partial charge in [-0.25, -0.2) is 0 Å². The van der Waals surface area contributed by atoms with Crippen molar-refractivity contribution in [3.8, 4) is 0 Å². The molecule has 0 aromatic rings. The van der Waals surface area contributed by atoms with Crippen LogP contribution in [0.25, 0.3) is 0 Å². The summed E-state index contributed by atoms with van der Waals surface area (Å²) in [5, 5.41) is 6.97. The molecule has 13 heavy (non-hydrogen) atoms. The van der Waals surface area contributed by atoms with Crippen LogP contribution in [0.2, 0.25) is 0 Å². The molecule has 0 aliphatic carbocycles. The Labute approximate surface area is 83.5 Å². The second-order valence-corrected chi connectivity index (χ2v) is 5.35. The second kappa shape index (κ2) is 5.61. The molecule has 0 saturated heterocycles. The average Bonchev–Trinajstić information content (AvgIpc) is 1.81. The lowest BCUT2D eigenvalue weighted by Gasteiger charge is -2.26. The predicted octanol–water partition coefficient (Wildman–Crippen LogP) is 2.01. The van der Waals surface area contributed by atoms with Gasteiger partial charge in [0.2, 0.25) is 0 Å². The highest BCUT2D eigenvalue weighted by Crippen LogP contribution is 2.00. The molecule has 0 amide bonds. The molecule has 0 rings (SSSR count). The van der Waals surface area contributed by atoms with Gasteiger partial charge in [0.25, 0.3) is 0 Å². The van der Waals surface area contributed by atoms with E-state index in [1.807, 2.05) is 0 Å². The van der Waals surface area contributed by atoms with Gasteiger partial charge in [-0.3, -0.25) is 0 Å². The molecule has 0 aliphatic heterocycles. The van der Waals surface area contributed by atoms with Crippen LogP contribution in [0.4, 0.5) is 0 Å². The first-order valence-electron chi connectivity index (χ1n) is 5.29. The maximum atomic E-state index is 3.53. The third kappa shape index (κ3) is 9.84. The largest absolute Gasteiger partial charge is 0.315 e. The SMILES string of the molecule is CC(C)CNCC(C)NC(C)(C)C. The van der Waals surface area contributed by atoms with Crippen molar-refractivity contribution >= 4 is 0 Å². The third-order valence-electron chi connectivity index (χ3n) is 1.68. The van der Waals surface area contributed by atoms with E-state index >= 15 is 0 Å². The molecule has 0 aliphatic rings. The van der Waals surface area contributed by atoms with Gasteiger partial charge in [0, 0.05) is 18.1 Å². The molecular formula is C11H26N2. The van der Waals surface area contributed by atoms with Gasteiger partial charge in [-0.05, 0) is 40.2 Å². The van der Waals surface area contributed by atoms with Crippen LogP contribution < -0.4 is 10.6 Å². The quantitative estimate of drug-likeness (QED) is 0.686. The van der Waals surface area contributed by atoms with E-state index in [1.54, 1.807) is 0 Å². The summed E-state index contributed by atoms with van der Waals surface area (Å²) < 4.78 is 0. The predicted molar refractivity (Wildman–Crippen MR) is 60.1 cm³/mol. The lowest BCUT2D eigenvalue weighted by molar-refractivity contribution is 0.357. The Morgan fingerprint density at radius 2 is 1.54 bits per heavy atom. The van der Waals surface area contributed by atoms with E-state index in [9.17, 15) is 0 Å².